The summed E-state index contributed by atoms with van der Waals surface area (Å²) in [7, 11) is 0. The summed E-state index contributed by atoms with van der Waals surface area (Å²) in [5.74, 6) is 1.04. The van der Waals surface area contributed by atoms with Gasteiger partial charge < -0.3 is 10.6 Å². The molecule has 2 unspecified atom stereocenters. The molecule has 2 atom stereocenters. The van der Waals surface area contributed by atoms with Gasteiger partial charge in [-0.05, 0) is 37.7 Å². The van der Waals surface area contributed by atoms with Crippen LogP contribution in [0.4, 0.5) is 10.2 Å². The molecule has 0 spiro atoms. The Kier molecular flexibility index (Phi) is 3.69. The molecule has 2 heterocycles. The summed E-state index contributed by atoms with van der Waals surface area (Å²) < 4.78 is 14.4. The smallest absolute Gasteiger partial charge is 0.170 e. The first kappa shape index (κ1) is 12.9. The number of hydrogen-bond acceptors (Lipinski definition) is 3. The van der Waals surface area contributed by atoms with Crippen LogP contribution in [0.5, 0.6) is 0 Å². The molecule has 0 bridgehead atoms. The normalized spacial score (nSPS) is 27.2. The summed E-state index contributed by atoms with van der Waals surface area (Å²) >= 11 is 0. The molecule has 1 aromatic rings. The van der Waals surface area contributed by atoms with Gasteiger partial charge in [-0.2, -0.15) is 0 Å². The van der Waals surface area contributed by atoms with E-state index in [1.165, 1.54) is 32.1 Å². The number of rotatable bonds is 2. The van der Waals surface area contributed by atoms with E-state index in [1.54, 1.807) is 12.3 Å². The molecule has 2 aliphatic rings. The van der Waals surface area contributed by atoms with Crippen molar-refractivity contribution in [1.82, 2.24) is 4.98 Å². The number of halogens is 1. The van der Waals surface area contributed by atoms with Crippen molar-refractivity contribution < 1.29 is 4.39 Å². The van der Waals surface area contributed by atoms with Crippen LogP contribution < -0.4 is 10.6 Å². The van der Waals surface area contributed by atoms with Crippen LogP contribution in [0.1, 0.15) is 44.1 Å². The van der Waals surface area contributed by atoms with Crippen molar-refractivity contribution in [2.24, 2.45) is 11.7 Å². The lowest BCUT2D eigenvalue weighted by molar-refractivity contribution is 0.241. The maximum Gasteiger partial charge on any atom is 0.170 e. The summed E-state index contributed by atoms with van der Waals surface area (Å²) in [4.78, 5) is 6.51. The lowest BCUT2D eigenvalue weighted by atomic mass is 9.78. The third-order valence-corrected chi connectivity index (χ3v) is 4.69. The number of nitrogens with two attached hydrogens (primary N) is 1. The SMILES string of the molecule is NCc1ccnc(N2CCCC3CCCCC32)c1F. The molecule has 0 aromatic carbocycles. The topological polar surface area (TPSA) is 42.1 Å². The first-order valence-corrected chi connectivity index (χ1v) is 7.41. The predicted octanol–water partition coefficient (Wildman–Crippen LogP) is 2.84. The maximum atomic E-state index is 14.4. The van der Waals surface area contributed by atoms with Gasteiger partial charge in [-0.3, -0.25) is 0 Å². The van der Waals surface area contributed by atoms with Gasteiger partial charge in [0, 0.05) is 30.9 Å². The van der Waals surface area contributed by atoms with Crippen LogP contribution in [0.3, 0.4) is 0 Å². The first-order valence-electron chi connectivity index (χ1n) is 7.41. The number of hydrogen-bond donors (Lipinski definition) is 1. The minimum absolute atomic E-state index is 0.212. The predicted molar refractivity (Wildman–Crippen MR) is 74.4 cm³/mol. The van der Waals surface area contributed by atoms with Crippen molar-refractivity contribution in [2.45, 2.75) is 51.1 Å². The highest BCUT2D eigenvalue weighted by Gasteiger charge is 2.35. The number of anilines is 1. The largest absolute Gasteiger partial charge is 0.351 e. The summed E-state index contributed by atoms with van der Waals surface area (Å²) in [6.07, 6.45) is 9.18. The Bertz CT molecular complexity index is 447. The standard InChI is InChI=1S/C15H22FN3/c16-14-12(10-17)7-8-18-15(14)19-9-3-5-11-4-1-2-6-13(11)19/h7-8,11,13H,1-6,9-10,17H2. The number of pyridine rings is 1. The molecule has 3 rings (SSSR count). The molecule has 1 saturated heterocycles. The highest BCUT2D eigenvalue weighted by atomic mass is 19.1. The fourth-order valence-corrected chi connectivity index (χ4v) is 3.72. The Morgan fingerprint density at radius 3 is 2.89 bits per heavy atom. The van der Waals surface area contributed by atoms with Crippen LogP contribution in [0, 0.1) is 11.7 Å². The molecule has 3 nitrogen and oxygen atoms in total. The van der Waals surface area contributed by atoms with Crippen molar-refractivity contribution in [3.63, 3.8) is 0 Å². The summed E-state index contributed by atoms with van der Waals surface area (Å²) in [6, 6.07) is 2.17. The fraction of sp³-hybridized carbons (Fsp3) is 0.667. The Morgan fingerprint density at radius 2 is 2.05 bits per heavy atom. The summed E-state index contributed by atoms with van der Waals surface area (Å²) in [5.41, 5.74) is 6.17. The molecule has 1 aliphatic carbocycles. The quantitative estimate of drug-likeness (QED) is 0.892. The second-order valence-corrected chi connectivity index (χ2v) is 5.76. The van der Waals surface area contributed by atoms with Crippen molar-refractivity contribution in [3.8, 4) is 0 Å². The molecule has 1 aliphatic heterocycles. The Labute approximate surface area is 114 Å². The molecular weight excluding hydrogens is 241 g/mol. The van der Waals surface area contributed by atoms with Gasteiger partial charge in [0.05, 0.1) is 0 Å². The Hall–Kier alpha value is -1.16. The van der Waals surface area contributed by atoms with Crippen molar-refractivity contribution in [1.29, 1.82) is 0 Å². The Morgan fingerprint density at radius 1 is 1.26 bits per heavy atom. The number of piperidine rings is 1. The molecule has 19 heavy (non-hydrogen) atoms. The van der Waals surface area contributed by atoms with Crippen LogP contribution in [0.2, 0.25) is 0 Å². The van der Waals surface area contributed by atoms with Gasteiger partial charge in [0.2, 0.25) is 0 Å². The van der Waals surface area contributed by atoms with E-state index in [2.05, 4.69) is 9.88 Å². The van der Waals surface area contributed by atoms with Crippen LogP contribution in [0.15, 0.2) is 12.3 Å². The third-order valence-electron chi connectivity index (χ3n) is 4.69. The highest BCUT2D eigenvalue weighted by Crippen LogP contribution is 2.38. The van der Waals surface area contributed by atoms with E-state index in [0.717, 1.165) is 18.9 Å². The molecule has 0 radical (unpaired) electrons. The van der Waals surface area contributed by atoms with Gasteiger partial charge >= 0.3 is 0 Å². The molecule has 104 valence electrons. The van der Waals surface area contributed by atoms with E-state index in [4.69, 9.17) is 5.73 Å². The first-order chi connectivity index (χ1) is 9.31. The van der Waals surface area contributed by atoms with E-state index >= 15 is 0 Å². The van der Waals surface area contributed by atoms with Crippen molar-refractivity contribution in [2.75, 3.05) is 11.4 Å². The van der Waals surface area contributed by atoms with Crippen molar-refractivity contribution in [3.05, 3.63) is 23.6 Å². The van der Waals surface area contributed by atoms with E-state index in [1.807, 2.05) is 0 Å². The molecule has 4 heteroatoms. The molecule has 2 N–H and O–H groups in total. The lowest BCUT2D eigenvalue weighted by Crippen LogP contribution is -2.47. The zero-order valence-corrected chi connectivity index (χ0v) is 11.3. The molecule has 1 aromatic heterocycles. The average molecular weight is 263 g/mol. The zero-order chi connectivity index (χ0) is 13.2. The number of fused-ring (bicyclic) bond motifs is 1. The second kappa shape index (κ2) is 5.45. The molecule has 2 fully saturated rings. The minimum Gasteiger partial charge on any atom is -0.351 e. The van der Waals surface area contributed by atoms with Crippen LogP contribution in [0.25, 0.3) is 0 Å². The molecule has 0 amide bonds. The zero-order valence-electron chi connectivity index (χ0n) is 11.3. The lowest BCUT2D eigenvalue weighted by Gasteiger charge is -2.44. The monoisotopic (exact) mass is 263 g/mol. The van der Waals surface area contributed by atoms with Crippen molar-refractivity contribution >= 4 is 5.82 Å². The van der Waals surface area contributed by atoms with Crippen LogP contribution in [-0.2, 0) is 6.54 Å². The van der Waals surface area contributed by atoms with Crippen LogP contribution in [-0.4, -0.2) is 17.6 Å². The van der Waals surface area contributed by atoms with Gasteiger partial charge in [-0.15, -0.1) is 0 Å². The summed E-state index contributed by atoms with van der Waals surface area (Å²) in [6.45, 7) is 1.17. The number of nitrogens with zero attached hydrogens (tertiary/aromatic N) is 2. The Balaban J connectivity index is 1.91. The number of aromatic nitrogens is 1. The average Bonchev–Trinajstić information content (AvgIpc) is 2.47. The van der Waals surface area contributed by atoms with E-state index in [-0.39, 0.29) is 12.4 Å². The van der Waals surface area contributed by atoms with E-state index < -0.39 is 0 Å². The van der Waals surface area contributed by atoms with Gasteiger partial charge in [0.1, 0.15) is 0 Å². The van der Waals surface area contributed by atoms with E-state index in [9.17, 15) is 4.39 Å². The molecular formula is C15H22FN3. The highest BCUT2D eigenvalue weighted by molar-refractivity contribution is 5.45. The second-order valence-electron chi connectivity index (χ2n) is 5.76. The molecule has 1 saturated carbocycles. The fourth-order valence-electron chi connectivity index (χ4n) is 3.72. The van der Waals surface area contributed by atoms with Gasteiger partial charge in [0.15, 0.2) is 11.6 Å². The van der Waals surface area contributed by atoms with E-state index in [0.29, 0.717) is 17.4 Å². The minimum atomic E-state index is -0.212. The van der Waals surface area contributed by atoms with Gasteiger partial charge in [-0.1, -0.05) is 12.8 Å². The summed E-state index contributed by atoms with van der Waals surface area (Å²) in [5, 5.41) is 0. The third kappa shape index (κ3) is 2.34. The van der Waals surface area contributed by atoms with Crippen LogP contribution >= 0.6 is 0 Å². The van der Waals surface area contributed by atoms with Gasteiger partial charge in [-0.25, -0.2) is 9.37 Å². The van der Waals surface area contributed by atoms with Gasteiger partial charge in [0.25, 0.3) is 0 Å². The maximum absolute atomic E-state index is 14.4.